The average Bonchev–Trinajstić information content (AvgIpc) is 2.48. The number of hydrogen-bond donors (Lipinski definition) is 2. The summed E-state index contributed by atoms with van der Waals surface area (Å²) in [6.45, 7) is 0. The maximum Gasteiger partial charge on any atom is 0.328 e. The lowest BCUT2D eigenvalue weighted by molar-refractivity contribution is -0.131. The van der Waals surface area contributed by atoms with Crippen LogP contribution in [0.3, 0.4) is 0 Å². The number of carbonyl (C=O) groups is 1. The van der Waals surface area contributed by atoms with Crippen LogP contribution in [0.25, 0.3) is 6.08 Å². The van der Waals surface area contributed by atoms with Crippen molar-refractivity contribution in [2.45, 2.75) is 4.90 Å². The third-order valence-corrected chi connectivity index (χ3v) is 4.63. The second kappa shape index (κ2) is 6.76. The molecule has 0 atom stereocenters. The fourth-order valence-electron chi connectivity index (χ4n) is 1.66. The first-order valence-electron chi connectivity index (χ1n) is 6.16. The van der Waals surface area contributed by atoms with Gasteiger partial charge in [-0.3, -0.25) is 4.72 Å². The Bertz CT molecular complexity index is 796. The zero-order valence-corrected chi connectivity index (χ0v) is 13.6. The lowest BCUT2D eigenvalue weighted by Crippen LogP contribution is -2.12. The number of hydrogen-bond acceptors (Lipinski definition) is 3. The summed E-state index contributed by atoms with van der Waals surface area (Å²) in [5, 5.41) is 8.55. The van der Waals surface area contributed by atoms with E-state index in [0.29, 0.717) is 11.3 Å². The van der Waals surface area contributed by atoms with Crippen molar-refractivity contribution in [1.29, 1.82) is 0 Å². The Balaban J connectivity index is 2.19. The summed E-state index contributed by atoms with van der Waals surface area (Å²) < 4.78 is 27.8. The maximum absolute atomic E-state index is 12.2. The number of rotatable bonds is 5. The summed E-state index contributed by atoms with van der Waals surface area (Å²) in [6, 6.07) is 12.7. The van der Waals surface area contributed by atoms with Crippen molar-refractivity contribution in [3.63, 3.8) is 0 Å². The molecular weight excluding hydrogens is 370 g/mol. The fraction of sp³-hybridized carbons (Fsp3) is 0. The number of sulfonamides is 1. The highest BCUT2D eigenvalue weighted by molar-refractivity contribution is 9.10. The van der Waals surface area contributed by atoms with Crippen LogP contribution in [0, 0.1) is 0 Å². The molecule has 0 heterocycles. The second-order valence-corrected chi connectivity index (χ2v) is 6.95. The smallest absolute Gasteiger partial charge is 0.328 e. The Morgan fingerprint density at radius 1 is 1.05 bits per heavy atom. The van der Waals surface area contributed by atoms with Gasteiger partial charge in [0.05, 0.1) is 4.90 Å². The van der Waals surface area contributed by atoms with Gasteiger partial charge in [0.25, 0.3) is 10.0 Å². The molecule has 0 saturated heterocycles. The van der Waals surface area contributed by atoms with Gasteiger partial charge < -0.3 is 5.11 Å². The molecule has 2 aromatic rings. The van der Waals surface area contributed by atoms with Crippen LogP contribution in [0.2, 0.25) is 0 Å². The van der Waals surface area contributed by atoms with E-state index in [-0.39, 0.29) is 4.90 Å². The van der Waals surface area contributed by atoms with Gasteiger partial charge in [0.1, 0.15) is 0 Å². The number of halogens is 1. The summed E-state index contributed by atoms with van der Waals surface area (Å²) in [7, 11) is -3.68. The molecular formula is C15H12BrNO4S. The molecule has 2 rings (SSSR count). The fourth-order valence-corrected chi connectivity index (χ4v) is 2.98. The van der Waals surface area contributed by atoms with Gasteiger partial charge in [-0.1, -0.05) is 28.1 Å². The summed E-state index contributed by atoms with van der Waals surface area (Å²) in [6.07, 6.45) is 2.38. The molecule has 22 heavy (non-hydrogen) atoms. The van der Waals surface area contributed by atoms with Gasteiger partial charge in [-0.15, -0.1) is 0 Å². The Hall–Kier alpha value is -2.12. The van der Waals surface area contributed by atoms with E-state index in [1.807, 2.05) is 0 Å². The van der Waals surface area contributed by atoms with Crippen LogP contribution in [0.5, 0.6) is 0 Å². The van der Waals surface area contributed by atoms with Crippen LogP contribution < -0.4 is 4.72 Å². The zero-order valence-electron chi connectivity index (χ0n) is 11.2. The van der Waals surface area contributed by atoms with E-state index in [9.17, 15) is 13.2 Å². The van der Waals surface area contributed by atoms with Crippen LogP contribution in [0.1, 0.15) is 5.56 Å². The van der Waals surface area contributed by atoms with Crippen molar-refractivity contribution in [2.24, 2.45) is 0 Å². The lowest BCUT2D eigenvalue weighted by Gasteiger charge is -2.08. The van der Waals surface area contributed by atoms with Gasteiger partial charge in [0.2, 0.25) is 0 Å². The first kappa shape index (κ1) is 16.3. The highest BCUT2D eigenvalue weighted by Gasteiger charge is 2.13. The van der Waals surface area contributed by atoms with E-state index in [1.165, 1.54) is 30.3 Å². The highest BCUT2D eigenvalue weighted by atomic mass is 79.9. The monoisotopic (exact) mass is 381 g/mol. The van der Waals surface area contributed by atoms with Gasteiger partial charge >= 0.3 is 5.97 Å². The van der Waals surface area contributed by atoms with Crippen LogP contribution >= 0.6 is 15.9 Å². The summed E-state index contributed by atoms with van der Waals surface area (Å²) >= 11 is 3.28. The summed E-state index contributed by atoms with van der Waals surface area (Å²) in [5.41, 5.74) is 1.06. The molecule has 0 aliphatic heterocycles. The molecule has 0 aliphatic carbocycles. The maximum atomic E-state index is 12.2. The van der Waals surface area contributed by atoms with Crippen LogP contribution in [-0.4, -0.2) is 19.5 Å². The van der Waals surface area contributed by atoms with Crippen molar-refractivity contribution in [3.05, 3.63) is 64.6 Å². The third-order valence-electron chi connectivity index (χ3n) is 2.71. The minimum atomic E-state index is -3.68. The molecule has 0 spiro atoms. The summed E-state index contributed by atoms with van der Waals surface area (Å²) in [5.74, 6) is -1.06. The molecule has 0 aliphatic rings. The van der Waals surface area contributed by atoms with E-state index in [1.54, 1.807) is 24.3 Å². The molecule has 0 radical (unpaired) electrons. The average molecular weight is 382 g/mol. The Kier molecular flexibility index (Phi) is 4.99. The number of benzene rings is 2. The quantitative estimate of drug-likeness (QED) is 0.777. The van der Waals surface area contributed by atoms with E-state index < -0.39 is 16.0 Å². The Morgan fingerprint density at radius 3 is 2.18 bits per heavy atom. The molecule has 2 N–H and O–H groups in total. The van der Waals surface area contributed by atoms with Crippen molar-refractivity contribution in [2.75, 3.05) is 4.72 Å². The molecule has 0 unspecified atom stereocenters. The first-order valence-corrected chi connectivity index (χ1v) is 8.44. The molecule has 5 nitrogen and oxygen atoms in total. The van der Waals surface area contributed by atoms with Crippen molar-refractivity contribution in [3.8, 4) is 0 Å². The molecule has 0 fully saturated rings. The SMILES string of the molecule is O=C(O)/C=C\c1ccc(S(=O)(=O)Nc2ccc(Br)cc2)cc1. The normalized spacial score (nSPS) is 11.5. The van der Waals surface area contributed by atoms with E-state index >= 15 is 0 Å². The highest BCUT2D eigenvalue weighted by Crippen LogP contribution is 2.19. The minimum absolute atomic E-state index is 0.0999. The number of carboxylic acid groups (broad SMARTS) is 1. The van der Waals surface area contributed by atoms with Crippen molar-refractivity contribution >= 4 is 43.7 Å². The minimum Gasteiger partial charge on any atom is -0.478 e. The van der Waals surface area contributed by atoms with Gasteiger partial charge in [-0.05, 0) is 48.0 Å². The van der Waals surface area contributed by atoms with E-state index in [2.05, 4.69) is 20.7 Å². The predicted molar refractivity (Wildman–Crippen MR) is 88.1 cm³/mol. The van der Waals surface area contributed by atoms with Gasteiger partial charge in [-0.2, -0.15) is 0 Å². The Labute approximate surface area is 136 Å². The Morgan fingerprint density at radius 2 is 1.64 bits per heavy atom. The van der Waals surface area contributed by atoms with Crippen molar-refractivity contribution in [1.82, 2.24) is 0 Å². The largest absolute Gasteiger partial charge is 0.478 e. The second-order valence-electron chi connectivity index (χ2n) is 4.35. The van der Waals surface area contributed by atoms with Crippen LogP contribution in [0.4, 0.5) is 5.69 Å². The van der Waals surface area contributed by atoms with Crippen LogP contribution in [0.15, 0.2) is 64.0 Å². The topological polar surface area (TPSA) is 83.5 Å². The number of aliphatic carboxylic acids is 1. The molecule has 114 valence electrons. The predicted octanol–water partition coefficient (Wildman–Crippen LogP) is 3.35. The molecule has 7 heteroatoms. The lowest BCUT2D eigenvalue weighted by atomic mass is 10.2. The van der Waals surface area contributed by atoms with Crippen LogP contribution in [-0.2, 0) is 14.8 Å². The van der Waals surface area contributed by atoms with E-state index in [0.717, 1.165) is 10.5 Å². The summed E-state index contributed by atoms with van der Waals surface area (Å²) in [4.78, 5) is 10.5. The molecule has 0 saturated carbocycles. The molecule has 0 bridgehead atoms. The van der Waals surface area contributed by atoms with E-state index in [4.69, 9.17) is 5.11 Å². The number of anilines is 1. The van der Waals surface area contributed by atoms with Gasteiger partial charge in [0.15, 0.2) is 0 Å². The third kappa shape index (κ3) is 4.44. The van der Waals surface area contributed by atoms with Crippen molar-refractivity contribution < 1.29 is 18.3 Å². The molecule has 0 amide bonds. The standard InChI is InChI=1S/C15H12BrNO4S/c16-12-4-6-13(7-5-12)17-22(20,21)14-8-1-11(2-9-14)3-10-15(18)19/h1-10,17H,(H,18,19)/b10-3-. The van der Waals surface area contributed by atoms with Gasteiger partial charge in [0, 0.05) is 16.2 Å². The molecule has 2 aromatic carbocycles. The first-order chi connectivity index (χ1) is 10.4. The number of carboxylic acids is 1. The molecule has 0 aromatic heterocycles. The zero-order chi connectivity index (χ0) is 16.2. The number of nitrogens with one attached hydrogen (secondary N) is 1. The van der Waals surface area contributed by atoms with Gasteiger partial charge in [-0.25, -0.2) is 13.2 Å².